The summed E-state index contributed by atoms with van der Waals surface area (Å²) in [4.78, 5) is 16.3. The van der Waals surface area contributed by atoms with E-state index in [0.717, 1.165) is 12.1 Å². The van der Waals surface area contributed by atoms with Gasteiger partial charge in [-0.3, -0.25) is 9.78 Å². The molecule has 122 valence electrons. The SMILES string of the molecule is CC(CCCO)NC(=O)c1ccc(OCc2ccccn2)cc1. The molecule has 0 fully saturated rings. The van der Waals surface area contributed by atoms with Gasteiger partial charge in [0, 0.05) is 24.4 Å². The molecule has 0 saturated heterocycles. The highest BCUT2D eigenvalue weighted by molar-refractivity contribution is 5.94. The topological polar surface area (TPSA) is 71.5 Å². The number of carbonyl (C=O) groups excluding carboxylic acids is 1. The zero-order valence-electron chi connectivity index (χ0n) is 13.2. The molecule has 1 heterocycles. The summed E-state index contributed by atoms with van der Waals surface area (Å²) in [6, 6.07) is 12.7. The number of hydrogen-bond donors (Lipinski definition) is 2. The van der Waals surface area contributed by atoms with Crippen molar-refractivity contribution in [1.82, 2.24) is 10.3 Å². The number of aromatic nitrogens is 1. The van der Waals surface area contributed by atoms with E-state index >= 15 is 0 Å². The predicted molar refractivity (Wildman–Crippen MR) is 88.3 cm³/mol. The number of aliphatic hydroxyl groups excluding tert-OH is 1. The third kappa shape index (κ3) is 5.71. The zero-order valence-corrected chi connectivity index (χ0v) is 13.2. The fourth-order valence-electron chi connectivity index (χ4n) is 2.12. The molecule has 0 radical (unpaired) electrons. The highest BCUT2D eigenvalue weighted by Crippen LogP contribution is 2.14. The predicted octanol–water partition coefficient (Wildman–Crippen LogP) is 2.55. The van der Waals surface area contributed by atoms with Crippen LogP contribution in [0.1, 0.15) is 35.8 Å². The van der Waals surface area contributed by atoms with Crippen molar-refractivity contribution >= 4 is 5.91 Å². The second-order valence-electron chi connectivity index (χ2n) is 5.37. The van der Waals surface area contributed by atoms with Crippen LogP contribution in [-0.4, -0.2) is 28.6 Å². The van der Waals surface area contributed by atoms with Crippen LogP contribution < -0.4 is 10.1 Å². The summed E-state index contributed by atoms with van der Waals surface area (Å²) in [5.74, 6) is 0.576. The molecular weight excluding hydrogens is 292 g/mol. The van der Waals surface area contributed by atoms with Gasteiger partial charge in [-0.05, 0) is 56.2 Å². The standard InChI is InChI=1S/C18H22N2O3/c1-14(5-4-12-21)20-18(22)15-7-9-17(10-8-15)23-13-16-6-2-3-11-19-16/h2-3,6-11,14,21H,4-5,12-13H2,1H3,(H,20,22). The third-order valence-corrected chi connectivity index (χ3v) is 3.40. The number of nitrogens with zero attached hydrogens (tertiary/aromatic N) is 1. The summed E-state index contributed by atoms with van der Waals surface area (Å²) < 4.78 is 5.64. The molecule has 23 heavy (non-hydrogen) atoms. The maximum Gasteiger partial charge on any atom is 0.251 e. The molecule has 2 aromatic rings. The van der Waals surface area contributed by atoms with Crippen molar-refractivity contribution in [3.63, 3.8) is 0 Å². The molecule has 1 amide bonds. The Kier molecular flexibility index (Phi) is 6.56. The normalized spacial score (nSPS) is 11.7. The van der Waals surface area contributed by atoms with Gasteiger partial charge in [-0.15, -0.1) is 0 Å². The first-order chi connectivity index (χ1) is 11.2. The van der Waals surface area contributed by atoms with Crippen molar-refractivity contribution in [2.75, 3.05) is 6.61 Å². The van der Waals surface area contributed by atoms with Gasteiger partial charge >= 0.3 is 0 Å². The molecule has 5 nitrogen and oxygen atoms in total. The molecule has 2 rings (SSSR count). The lowest BCUT2D eigenvalue weighted by Gasteiger charge is -2.13. The van der Waals surface area contributed by atoms with Crippen LogP contribution in [0.4, 0.5) is 0 Å². The summed E-state index contributed by atoms with van der Waals surface area (Å²) >= 11 is 0. The van der Waals surface area contributed by atoms with Gasteiger partial charge in [0.2, 0.25) is 0 Å². The maximum atomic E-state index is 12.1. The molecule has 5 heteroatoms. The Bertz CT molecular complexity index is 599. The van der Waals surface area contributed by atoms with Crippen LogP contribution in [0.25, 0.3) is 0 Å². The average molecular weight is 314 g/mol. The number of hydrogen-bond acceptors (Lipinski definition) is 4. The molecule has 0 spiro atoms. The lowest BCUT2D eigenvalue weighted by molar-refractivity contribution is 0.0936. The molecule has 1 aromatic carbocycles. The maximum absolute atomic E-state index is 12.1. The second-order valence-corrected chi connectivity index (χ2v) is 5.37. The van der Waals surface area contributed by atoms with Crippen LogP contribution in [0.3, 0.4) is 0 Å². The fourth-order valence-corrected chi connectivity index (χ4v) is 2.12. The molecule has 0 aliphatic heterocycles. The minimum Gasteiger partial charge on any atom is -0.487 e. The van der Waals surface area contributed by atoms with E-state index in [1.54, 1.807) is 30.5 Å². The number of carbonyl (C=O) groups is 1. The smallest absolute Gasteiger partial charge is 0.251 e. The van der Waals surface area contributed by atoms with Crippen molar-refractivity contribution < 1.29 is 14.6 Å². The number of ether oxygens (including phenoxy) is 1. The van der Waals surface area contributed by atoms with Crippen LogP contribution in [0.5, 0.6) is 5.75 Å². The number of aliphatic hydroxyl groups is 1. The van der Waals surface area contributed by atoms with Gasteiger partial charge in [0.05, 0.1) is 5.69 Å². The Morgan fingerprint density at radius 3 is 2.70 bits per heavy atom. The molecule has 1 atom stereocenters. The first kappa shape index (κ1) is 17.0. The highest BCUT2D eigenvalue weighted by atomic mass is 16.5. The zero-order chi connectivity index (χ0) is 16.5. The first-order valence-corrected chi connectivity index (χ1v) is 7.73. The first-order valence-electron chi connectivity index (χ1n) is 7.73. The Balaban J connectivity index is 1.85. The van der Waals surface area contributed by atoms with Crippen molar-refractivity contribution in [1.29, 1.82) is 0 Å². The Morgan fingerprint density at radius 2 is 2.04 bits per heavy atom. The summed E-state index contributed by atoms with van der Waals surface area (Å²) in [6.07, 6.45) is 3.17. The lowest BCUT2D eigenvalue weighted by atomic mass is 10.1. The minimum atomic E-state index is -0.119. The Hall–Kier alpha value is -2.40. The van der Waals surface area contributed by atoms with E-state index in [4.69, 9.17) is 9.84 Å². The van der Waals surface area contributed by atoms with E-state index in [-0.39, 0.29) is 18.6 Å². The average Bonchev–Trinajstić information content (AvgIpc) is 2.59. The van der Waals surface area contributed by atoms with E-state index in [1.807, 2.05) is 25.1 Å². The number of nitrogens with one attached hydrogen (secondary N) is 1. The molecule has 2 N–H and O–H groups in total. The summed E-state index contributed by atoms with van der Waals surface area (Å²) in [5.41, 5.74) is 1.44. The summed E-state index contributed by atoms with van der Waals surface area (Å²) in [6.45, 7) is 2.46. The largest absolute Gasteiger partial charge is 0.487 e. The molecule has 1 aromatic heterocycles. The van der Waals surface area contributed by atoms with Gasteiger partial charge < -0.3 is 15.2 Å². The number of benzene rings is 1. The van der Waals surface area contributed by atoms with Crippen molar-refractivity contribution in [2.45, 2.75) is 32.4 Å². The Morgan fingerprint density at radius 1 is 1.26 bits per heavy atom. The van der Waals surface area contributed by atoms with E-state index in [1.165, 1.54) is 0 Å². The second kappa shape index (κ2) is 8.90. The Labute approximate surface area is 136 Å². The third-order valence-electron chi connectivity index (χ3n) is 3.40. The van der Waals surface area contributed by atoms with Crippen molar-refractivity contribution in [3.05, 3.63) is 59.9 Å². The van der Waals surface area contributed by atoms with Crippen LogP contribution >= 0.6 is 0 Å². The van der Waals surface area contributed by atoms with Crippen molar-refractivity contribution in [2.24, 2.45) is 0 Å². The van der Waals surface area contributed by atoms with Gasteiger partial charge in [0.1, 0.15) is 12.4 Å². The van der Waals surface area contributed by atoms with Gasteiger partial charge in [-0.25, -0.2) is 0 Å². The molecule has 0 aliphatic rings. The monoisotopic (exact) mass is 314 g/mol. The number of pyridine rings is 1. The molecule has 0 saturated carbocycles. The van der Waals surface area contributed by atoms with Crippen LogP contribution in [0.15, 0.2) is 48.7 Å². The highest BCUT2D eigenvalue weighted by Gasteiger charge is 2.09. The van der Waals surface area contributed by atoms with Crippen LogP contribution in [-0.2, 0) is 6.61 Å². The van der Waals surface area contributed by atoms with Crippen LogP contribution in [0, 0.1) is 0 Å². The van der Waals surface area contributed by atoms with E-state index in [9.17, 15) is 4.79 Å². The molecule has 0 bridgehead atoms. The van der Waals surface area contributed by atoms with Gasteiger partial charge in [-0.2, -0.15) is 0 Å². The van der Waals surface area contributed by atoms with Gasteiger partial charge in [0.25, 0.3) is 5.91 Å². The van der Waals surface area contributed by atoms with Crippen molar-refractivity contribution in [3.8, 4) is 5.75 Å². The number of amides is 1. The summed E-state index contributed by atoms with van der Waals surface area (Å²) in [5, 5.41) is 11.7. The van der Waals surface area contributed by atoms with E-state index in [0.29, 0.717) is 24.3 Å². The molecule has 1 unspecified atom stereocenters. The van der Waals surface area contributed by atoms with Crippen LogP contribution in [0.2, 0.25) is 0 Å². The lowest BCUT2D eigenvalue weighted by Crippen LogP contribution is -2.32. The fraction of sp³-hybridized carbons (Fsp3) is 0.333. The van der Waals surface area contributed by atoms with Gasteiger partial charge in [0.15, 0.2) is 0 Å². The van der Waals surface area contributed by atoms with E-state index < -0.39 is 0 Å². The molecule has 0 aliphatic carbocycles. The molecular formula is C18H22N2O3. The van der Waals surface area contributed by atoms with E-state index in [2.05, 4.69) is 10.3 Å². The summed E-state index contributed by atoms with van der Waals surface area (Å²) in [7, 11) is 0. The minimum absolute atomic E-state index is 0.0368. The number of rotatable bonds is 8. The quantitative estimate of drug-likeness (QED) is 0.785. The van der Waals surface area contributed by atoms with Gasteiger partial charge in [-0.1, -0.05) is 6.07 Å².